The van der Waals surface area contributed by atoms with Gasteiger partial charge in [-0.05, 0) is 47.6 Å². The van der Waals surface area contributed by atoms with Crippen LogP contribution < -0.4 is 10.6 Å². The van der Waals surface area contributed by atoms with Crippen molar-refractivity contribution in [1.29, 1.82) is 5.41 Å². The lowest BCUT2D eigenvalue weighted by Crippen LogP contribution is -2.37. The first-order valence-electron chi connectivity index (χ1n) is 7.30. The highest BCUT2D eigenvalue weighted by molar-refractivity contribution is 9.10. The Bertz CT molecular complexity index is 531. The molecule has 1 saturated heterocycles. The normalized spacial score (nSPS) is 18.5. The molecule has 1 aromatic carbocycles. The number of anilines is 1. The van der Waals surface area contributed by atoms with Gasteiger partial charge in [0.1, 0.15) is 5.84 Å². The second-order valence-corrected chi connectivity index (χ2v) is 6.08. The van der Waals surface area contributed by atoms with Gasteiger partial charge in [0, 0.05) is 24.7 Å². The van der Waals surface area contributed by atoms with Crippen LogP contribution in [0.25, 0.3) is 0 Å². The zero-order chi connectivity index (χ0) is 15.6. The van der Waals surface area contributed by atoms with Crippen molar-refractivity contribution in [2.24, 2.45) is 5.73 Å². The van der Waals surface area contributed by atoms with E-state index in [0.717, 1.165) is 32.6 Å². The van der Waals surface area contributed by atoms with E-state index in [1.807, 2.05) is 0 Å². The van der Waals surface area contributed by atoms with Crippen LogP contribution in [0, 0.1) is 11.2 Å². The number of benzene rings is 1. The van der Waals surface area contributed by atoms with Crippen LogP contribution in [-0.2, 0) is 0 Å². The van der Waals surface area contributed by atoms with Crippen molar-refractivity contribution < 1.29 is 4.39 Å². The fraction of sp³-hybridized carbons (Fsp3) is 0.533. The van der Waals surface area contributed by atoms with Crippen LogP contribution >= 0.6 is 15.9 Å². The zero-order valence-electron chi connectivity index (χ0n) is 12.5. The third kappa shape index (κ3) is 3.21. The predicted octanol–water partition coefficient (Wildman–Crippen LogP) is 2.79. The SMILES string of the molecule is CCN(CC)C1CCN(c2ccc(C(=N)N)c(Br)c2F)C1. The number of halogens is 2. The Kier molecular flexibility index (Phi) is 5.22. The number of likely N-dealkylation sites (N-methyl/N-ethyl adjacent to an activating group) is 1. The molecule has 0 bridgehead atoms. The molecule has 1 aliphatic rings. The van der Waals surface area contributed by atoms with Crippen LogP contribution in [0.1, 0.15) is 25.8 Å². The molecule has 1 unspecified atom stereocenters. The third-order valence-electron chi connectivity index (χ3n) is 4.18. The van der Waals surface area contributed by atoms with Crippen molar-refractivity contribution in [2.75, 3.05) is 31.1 Å². The molecule has 1 aromatic rings. The molecule has 0 aromatic heterocycles. The van der Waals surface area contributed by atoms with E-state index in [1.54, 1.807) is 12.1 Å². The summed E-state index contributed by atoms with van der Waals surface area (Å²) in [5.41, 5.74) is 6.43. The summed E-state index contributed by atoms with van der Waals surface area (Å²) in [5.74, 6) is -0.460. The van der Waals surface area contributed by atoms with Gasteiger partial charge in [-0.25, -0.2) is 4.39 Å². The van der Waals surface area contributed by atoms with Crippen molar-refractivity contribution in [2.45, 2.75) is 26.3 Å². The molecular weight excluding hydrogens is 335 g/mol. The maximum absolute atomic E-state index is 14.5. The van der Waals surface area contributed by atoms with E-state index in [9.17, 15) is 4.39 Å². The second-order valence-electron chi connectivity index (χ2n) is 5.28. The number of hydrogen-bond donors (Lipinski definition) is 2. The van der Waals surface area contributed by atoms with Crippen molar-refractivity contribution in [3.05, 3.63) is 28.0 Å². The lowest BCUT2D eigenvalue weighted by Gasteiger charge is -2.27. The number of nitrogen functional groups attached to an aromatic ring is 1. The summed E-state index contributed by atoms with van der Waals surface area (Å²) in [6.07, 6.45) is 1.05. The summed E-state index contributed by atoms with van der Waals surface area (Å²) in [5, 5.41) is 7.45. The molecule has 0 amide bonds. The van der Waals surface area contributed by atoms with Gasteiger partial charge in [0.2, 0.25) is 0 Å². The Morgan fingerprint density at radius 3 is 2.71 bits per heavy atom. The minimum atomic E-state index is -0.331. The number of amidine groups is 1. The van der Waals surface area contributed by atoms with Crippen molar-refractivity contribution in [1.82, 2.24) is 4.90 Å². The maximum atomic E-state index is 14.5. The summed E-state index contributed by atoms with van der Waals surface area (Å²) in [4.78, 5) is 4.49. The summed E-state index contributed by atoms with van der Waals surface area (Å²) >= 11 is 3.22. The molecule has 4 nitrogen and oxygen atoms in total. The highest BCUT2D eigenvalue weighted by Gasteiger charge is 2.28. The second kappa shape index (κ2) is 6.75. The first kappa shape index (κ1) is 16.2. The van der Waals surface area contributed by atoms with E-state index in [4.69, 9.17) is 11.1 Å². The molecule has 3 N–H and O–H groups in total. The molecular formula is C15H22BrFN4. The van der Waals surface area contributed by atoms with Gasteiger partial charge in [-0.2, -0.15) is 0 Å². The molecule has 1 atom stereocenters. The molecule has 21 heavy (non-hydrogen) atoms. The van der Waals surface area contributed by atoms with Crippen LogP contribution in [0.2, 0.25) is 0 Å². The molecule has 0 radical (unpaired) electrons. The number of nitrogens with zero attached hydrogens (tertiary/aromatic N) is 2. The van der Waals surface area contributed by atoms with E-state index in [-0.39, 0.29) is 16.1 Å². The average Bonchev–Trinajstić information content (AvgIpc) is 2.92. The molecule has 116 valence electrons. The van der Waals surface area contributed by atoms with Gasteiger partial charge in [-0.3, -0.25) is 10.3 Å². The first-order chi connectivity index (χ1) is 9.99. The van der Waals surface area contributed by atoms with Crippen molar-refractivity contribution in [3.8, 4) is 0 Å². The Morgan fingerprint density at radius 1 is 1.48 bits per heavy atom. The predicted molar refractivity (Wildman–Crippen MR) is 88.7 cm³/mol. The molecule has 6 heteroatoms. The number of hydrogen-bond acceptors (Lipinski definition) is 3. The minimum absolute atomic E-state index is 0.130. The van der Waals surface area contributed by atoms with Crippen LogP contribution in [0.5, 0.6) is 0 Å². The van der Waals surface area contributed by atoms with Crippen LogP contribution in [0.15, 0.2) is 16.6 Å². The van der Waals surface area contributed by atoms with Gasteiger partial charge in [0.25, 0.3) is 0 Å². The number of nitrogens with one attached hydrogen (secondary N) is 1. The molecule has 2 rings (SSSR count). The standard InChI is InChI=1S/C15H22BrFN4/c1-3-20(4-2)10-7-8-21(9-10)12-6-5-11(15(18)19)13(16)14(12)17/h5-6,10H,3-4,7-9H2,1-2H3,(H3,18,19). The quantitative estimate of drug-likeness (QED) is 0.629. The van der Waals surface area contributed by atoms with E-state index in [1.165, 1.54) is 0 Å². The van der Waals surface area contributed by atoms with Gasteiger partial charge < -0.3 is 10.6 Å². The summed E-state index contributed by atoms with van der Waals surface area (Å²) in [6, 6.07) is 3.91. The molecule has 1 aliphatic heterocycles. The molecule has 1 fully saturated rings. The molecule has 0 saturated carbocycles. The summed E-state index contributed by atoms with van der Waals surface area (Å²) in [6.45, 7) is 8.04. The topological polar surface area (TPSA) is 56.4 Å². The molecule has 0 aliphatic carbocycles. The number of nitrogens with two attached hydrogens (primary N) is 1. The smallest absolute Gasteiger partial charge is 0.161 e. The Balaban J connectivity index is 2.21. The van der Waals surface area contributed by atoms with Gasteiger partial charge in [-0.1, -0.05) is 13.8 Å². The van der Waals surface area contributed by atoms with Crippen LogP contribution in [0.4, 0.5) is 10.1 Å². The van der Waals surface area contributed by atoms with E-state index >= 15 is 0 Å². The maximum Gasteiger partial charge on any atom is 0.161 e. The van der Waals surface area contributed by atoms with Gasteiger partial charge in [0.15, 0.2) is 5.82 Å². The Morgan fingerprint density at radius 2 is 2.14 bits per heavy atom. The summed E-state index contributed by atoms with van der Waals surface area (Å²) in [7, 11) is 0. The van der Waals surface area contributed by atoms with Crippen molar-refractivity contribution >= 4 is 27.5 Å². The number of rotatable bonds is 5. The Labute approximate surface area is 133 Å². The van der Waals surface area contributed by atoms with Gasteiger partial charge in [0.05, 0.1) is 10.2 Å². The average molecular weight is 357 g/mol. The van der Waals surface area contributed by atoms with Crippen molar-refractivity contribution in [3.63, 3.8) is 0 Å². The monoisotopic (exact) mass is 356 g/mol. The highest BCUT2D eigenvalue weighted by atomic mass is 79.9. The van der Waals surface area contributed by atoms with Crippen LogP contribution in [-0.4, -0.2) is 43.0 Å². The van der Waals surface area contributed by atoms with Gasteiger partial charge >= 0.3 is 0 Å². The fourth-order valence-electron chi connectivity index (χ4n) is 2.99. The van der Waals surface area contributed by atoms with E-state index in [0.29, 0.717) is 17.3 Å². The van der Waals surface area contributed by atoms with E-state index in [2.05, 4.69) is 39.6 Å². The Hall–Kier alpha value is -1.14. The molecule has 0 spiro atoms. The van der Waals surface area contributed by atoms with E-state index < -0.39 is 0 Å². The summed E-state index contributed by atoms with van der Waals surface area (Å²) < 4.78 is 14.8. The third-order valence-corrected chi connectivity index (χ3v) is 4.96. The largest absolute Gasteiger partial charge is 0.384 e. The zero-order valence-corrected chi connectivity index (χ0v) is 14.1. The lowest BCUT2D eigenvalue weighted by atomic mass is 10.1. The fourth-order valence-corrected chi connectivity index (χ4v) is 3.54. The molecule has 1 heterocycles. The first-order valence-corrected chi connectivity index (χ1v) is 8.10. The van der Waals surface area contributed by atoms with Crippen LogP contribution in [0.3, 0.4) is 0 Å². The minimum Gasteiger partial charge on any atom is -0.384 e. The lowest BCUT2D eigenvalue weighted by molar-refractivity contribution is 0.232. The van der Waals surface area contributed by atoms with Gasteiger partial charge in [-0.15, -0.1) is 0 Å². The highest BCUT2D eigenvalue weighted by Crippen LogP contribution is 2.32.